The van der Waals surface area contributed by atoms with Gasteiger partial charge in [0.1, 0.15) is 41.2 Å². The van der Waals surface area contributed by atoms with Crippen LogP contribution >= 0.6 is 0 Å². The Balaban J connectivity index is 1.13. The molecule has 0 radical (unpaired) electrons. The van der Waals surface area contributed by atoms with Crippen LogP contribution in [0.2, 0.25) is 0 Å². The van der Waals surface area contributed by atoms with Gasteiger partial charge in [-0.3, -0.25) is 14.4 Å². The molecule has 0 bridgehead atoms. The number of H-pyrrole nitrogens is 1. The molecule has 2 aliphatic rings. The van der Waals surface area contributed by atoms with Gasteiger partial charge in [0.2, 0.25) is 18.7 Å². The van der Waals surface area contributed by atoms with Crippen LogP contribution in [0.5, 0.6) is 11.5 Å². The van der Waals surface area contributed by atoms with Crippen molar-refractivity contribution >= 4 is 33.8 Å². The number of fused-ring (bicyclic) bond motifs is 2. The van der Waals surface area contributed by atoms with Crippen molar-refractivity contribution in [3.63, 3.8) is 0 Å². The van der Waals surface area contributed by atoms with Gasteiger partial charge in [0.25, 0.3) is 0 Å². The lowest BCUT2D eigenvalue weighted by molar-refractivity contribution is -0.318. The average Bonchev–Trinajstić information content (AvgIpc) is 3.82. The number of carboxylic acid groups (broad SMARTS) is 1. The second-order valence-corrected chi connectivity index (χ2v) is 15.5. The van der Waals surface area contributed by atoms with Gasteiger partial charge in [-0.2, -0.15) is 4.73 Å². The smallest absolute Gasteiger partial charge is 0.324 e. The number of ether oxygens (including phenoxy) is 3. The quantitative estimate of drug-likeness (QED) is 0.0501. The SMILES string of the molecule is Cc1cc(C)cc(-c2c3[nH]ccc3cn2O[C@@H]2[C@@H](Oc3ccc4c(=O)c(-c5ccc(O)cc5)coc4c3)O[C@@H]([C@@H](O)OC(=O)[C@H](C(=O)O)[C@H]3NCCC[C@@H]3CO)[C@H](O)[C@H]2O)c1. The van der Waals surface area contributed by atoms with Crippen LogP contribution in [-0.4, -0.2) is 108 Å². The number of carbonyl (C=O) groups excluding carboxylic acids is 1. The van der Waals surface area contributed by atoms with E-state index in [4.69, 9.17) is 23.5 Å². The zero-order valence-corrected chi connectivity index (χ0v) is 33.0. The fourth-order valence-electron chi connectivity index (χ4n) is 8.29. The van der Waals surface area contributed by atoms with E-state index in [-0.39, 0.29) is 33.5 Å². The molecule has 320 valence electrons. The Hall–Kier alpha value is -6.21. The topological polar surface area (TPSA) is 255 Å². The molecule has 0 saturated carbocycles. The number of phenols is 1. The van der Waals surface area contributed by atoms with Crippen LogP contribution < -0.4 is 20.3 Å². The minimum absolute atomic E-state index is 0.0294. The van der Waals surface area contributed by atoms with Gasteiger partial charge >= 0.3 is 11.9 Å². The molecule has 2 saturated heterocycles. The van der Waals surface area contributed by atoms with E-state index in [2.05, 4.69) is 10.3 Å². The molecule has 0 spiro atoms. The second-order valence-electron chi connectivity index (χ2n) is 15.5. The standard InChI is InChI=1S/C44H45N3O14/c1-21-14-22(2)16-26(15-21)35-34-24(11-13-46-34)18-47(35)61-40-38(52)37(51)39(43(56)60-42(55)32(41(53)54)33-25(19-48)4-3-12-45-33)59-44(40)58-28-9-10-29-31(17-28)57-20-30(36(29)50)23-5-7-27(49)8-6-23/h5-11,13-18,20,25,32-33,37-40,43-46,48-49,51-52,56H,3-4,12,19H2,1-2H3,(H,53,54)/t25-,32+,33+,37-,38-,39-,40+,43+,44+/m1/s1. The molecule has 0 unspecified atom stereocenters. The van der Waals surface area contributed by atoms with Gasteiger partial charge in [0.05, 0.1) is 22.7 Å². The lowest BCUT2D eigenvalue weighted by Gasteiger charge is -2.43. The summed E-state index contributed by atoms with van der Waals surface area (Å²) < 4.78 is 24.8. The highest BCUT2D eigenvalue weighted by Crippen LogP contribution is 2.34. The monoisotopic (exact) mass is 839 g/mol. The average molecular weight is 840 g/mol. The Morgan fingerprint density at radius 3 is 2.46 bits per heavy atom. The number of aromatic nitrogens is 2. The molecule has 17 heteroatoms. The summed E-state index contributed by atoms with van der Waals surface area (Å²) >= 11 is 0. The zero-order chi connectivity index (χ0) is 43.1. The number of carboxylic acids is 1. The van der Waals surface area contributed by atoms with E-state index in [0.29, 0.717) is 36.2 Å². The third kappa shape index (κ3) is 8.18. The molecule has 8 N–H and O–H groups in total. The van der Waals surface area contributed by atoms with Crippen molar-refractivity contribution in [1.82, 2.24) is 15.0 Å². The van der Waals surface area contributed by atoms with Crippen molar-refractivity contribution in [2.45, 2.75) is 69.7 Å². The first-order valence-electron chi connectivity index (χ1n) is 19.7. The number of aromatic hydroxyl groups is 1. The van der Waals surface area contributed by atoms with Crippen molar-refractivity contribution < 1.29 is 63.7 Å². The van der Waals surface area contributed by atoms with Crippen LogP contribution in [0.1, 0.15) is 24.0 Å². The van der Waals surface area contributed by atoms with Crippen molar-refractivity contribution in [2.24, 2.45) is 11.8 Å². The number of piperidine rings is 1. The highest BCUT2D eigenvalue weighted by atomic mass is 16.8. The van der Waals surface area contributed by atoms with Crippen LogP contribution in [0.4, 0.5) is 0 Å². The number of carbonyl (C=O) groups is 2. The zero-order valence-electron chi connectivity index (χ0n) is 33.0. The van der Waals surface area contributed by atoms with Gasteiger partial charge in [-0.1, -0.05) is 29.3 Å². The third-order valence-electron chi connectivity index (χ3n) is 11.3. The number of phenolic OH excluding ortho intramolecular Hbond substituents is 1. The molecule has 2 aliphatic heterocycles. The van der Waals surface area contributed by atoms with Crippen LogP contribution in [0, 0.1) is 25.7 Å². The number of hydrogen-bond acceptors (Lipinski definition) is 14. The van der Waals surface area contributed by atoms with Crippen molar-refractivity contribution in [3.8, 4) is 33.9 Å². The highest BCUT2D eigenvalue weighted by molar-refractivity contribution is 5.95. The summed E-state index contributed by atoms with van der Waals surface area (Å²) in [6, 6.07) is 17.0. The van der Waals surface area contributed by atoms with Gasteiger partial charge in [-0.15, -0.1) is 0 Å². The van der Waals surface area contributed by atoms with Crippen LogP contribution in [-0.2, 0) is 19.1 Å². The molecule has 3 aromatic heterocycles. The number of aromatic amines is 1. The second kappa shape index (κ2) is 17.0. The summed E-state index contributed by atoms with van der Waals surface area (Å²) in [5.41, 5.74) is 4.48. The largest absolute Gasteiger partial charge is 0.508 e. The van der Waals surface area contributed by atoms with E-state index in [0.717, 1.165) is 22.1 Å². The fraction of sp³-hybridized carbons (Fsp3) is 0.341. The number of aliphatic carboxylic acids is 1. The first-order valence-corrected chi connectivity index (χ1v) is 19.7. The van der Waals surface area contributed by atoms with E-state index in [9.17, 15) is 45.0 Å². The summed E-state index contributed by atoms with van der Waals surface area (Å²) in [6.45, 7) is 3.89. The van der Waals surface area contributed by atoms with Crippen molar-refractivity contribution in [2.75, 3.05) is 13.2 Å². The van der Waals surface area contributed by atoms with Gasteiger partial charge in [0.15, 0.2) is 17.5 Å². The Morgan fingerprint density at radius 1 is 0.984 bits per heavy atom. The summed E-state index contributed by atoms with van der Waals surface area (Å²) in [5, 5.41) is 68.1. The summed E-state index contributed by atoms with van der Waals surface area (Å²) in [7, 11) is 0. The third-order valence-corrected chi connectivity index (χ3v) is 11.3. The molecule has 8 rings (SSSR count). The number of benzene rings is 3. The fourth-order valence-corrected chi connectivity index (χ4v) is 8.29. The molecule has 9 atom stereocenters. The Kier molecular flexibility index (Phi) is 11.6. The van der Waals surface area contributed by atoms with E-state index < -0.39 is 73.4 Å². The van der Waals surface area contributed by atoms with Crippen LogP contribution in [0.15, 0.2) is 94.6 Å². The van der Waals surface area contributed by atoms with Gasteiger partial charge in [-0.25, -0.2) is 0 Å². The van der Waals surface area contributed by atoms with Gasteiger partial charge in [0, 0.05) is 35.9 Å². The summed E-state index contributed by atoms with van der Waals surface area (Å²) in [4.78, 5) is 49.0. The molecule has 0 aliphatic carbocycles. The van der Waals surface area contributed by atoms with Crippen LogP contribution in [0.3, 0.4) is 0 Å². The van der Waals surface area contributed by atoms with Gasteiger partial charge in [-0.05, 0) is 87.2 Å². The van der Waals surface area contributed by atoms with Crippen molar-refractivity contribution in [1.29, 1.82) is 0 Å². The molecule has 17 nitrogen and oxygen atoms in total. The molecule has 3 aromatic carbocycles. The lowest BCUT2D eigenvalue weighted by Crippen LogP contribution is -2.65. The van der Waals surface area contributed by atoms with Gasteiger partial charge < -0.3 is 64.4 Å². The first-order chi connectivity index (χ1) is 29.3. The minimum atomic E-state index is -2.33. The Bertz CT molecular complexity index is 2600. The van der Waals surface area contributed by atoms with E-state index in [1.807, 2.05) is 38.1 Å². The number of rotatable bonds is 12. The molecule has 6 aromatic rings. The lowest BCUT2D eigenvalue weighted by atomic mass is 9.83. The number of aliphatic hydroxyl groups excluding tert-OH is 4. The maximum Gasteiger partial charge on any atom is 0.324 e. The Labute approximate surface area is 347 Å². The number of esters is 1. The molecular weight excluding hydrogens is 794 g/mol. The Morgan fingerprint density at radius 2 is 1.74 bits per heavy atom. The number of aliphatic hydroxyl groups is 4. The van der Waals surface area contributed by atoms with Crippen LogP contribution in [0.25, 0.3) is 44.3 Å². The maximum absolute atomic E-state index is 13.5. The van der Waals surface area contributed by atoms with E-state index in [1.165, 1.54) is 41.3 Å². The van der Waals surface area contributed by atoms with E-state index in [1.54, 1.807) is 24.5 Å². The predicted octanol–water partition coefficient (Wildman–Crippen LogP) is 2.98. The molecule has 2 fully saturated rings. The van der Waals surface area contributed by atoms with Crippen molar-refractivity contribution in [3.05, 3.63) is 107 Å². The molecule has 0 amide bonds. The summed E-state index contributed by atoms with van der Waals surface area (Å²) in [6.07, 6.45) is -5.58. The summed E-state index contributed by atoms with van der Waals surface area (Å²) in [5.74, 6) is -5.29. The first kappa shape index (κ1) is 41.5. The maximum atomic E-state index is 13.5. The molecule has 5 heterocycles. The molecular formula is C44H45N3O14. The normalized spacial score (nSPS) is 24.0. The number of hydrogen-bond donors (Lipinski definition) is 8. The number of aryl methyl sites for hydroxylation is 2. The minimum Gasteiger partial charge on any atom is -0.508 e. The predicted molar refractivity (Wildman–Crippen MR) is 217 cm³/mol. The number of nitrogens with zero attached hydrogens (tertiary/aromatic N) is 1. The highest BCUT2D eigenvalue weighted by Gasteiger charge is 2.52. The number of nitrogens with one attached hydrogen (secondary N) is 2. The molecule has 61 heavy (non-hydrogen) atoms. The van der Waals surface area contributed by atoms with E-state index >= 15 is 0 Å².